The zero-order valence-electron chi connectivity index (χ0n) is 8.85. The van der Waals surface area contributed by atoms with Gasteiger partial charge in [-0.05, 0) is 11.1 Å². The predicted molar refractivity (Wildman–Crippen MR) is 54.8 cm³/mol. The minimum Gasteiger partial charge on any atom is -0.302 e. The number of nitrogens with one attached hydrogen (secondary N) is 3. The van der Waals surface area contributed by atoms with E-state index in [4.69, 9.17) is 0 Å². The Labute approximate surface area is 90.8 Å². The number of carbonyl (C=O) groups excluding carboxylic acids is 1. The second kappa shape index (κ2) is 4.09. The van der Waals surface area contributed by atoms with Crippen molar-refractivity contribution in [2.75, 3.05) is 5.32 Å². The molecule has 8 nitrogen and oxygen atoms in total. The maximum Gasteiger partial charge on any atom is 0.298 e. The average Bonchev–Trinajstić information content (AvgIpc) is 2.87. The average molecular weight is 221 g/mol. The summed E-state index contributed by atoms with van der Waals surface area (Å²) < 4.78 is 0. The fourth-order valence-corrected chi connectivity index (χ4v) is 1.13. The van der Waals surface area contributed by atoms with Crippen molar-refractivity contribution in [1.29, 1.82) is 0 Å². The first kappa shape index (κ1) is 10.3. The van der Waals surface area contributed by atoms with Crippen molar-refractivity contribution in [2.45, 2.75) is 19.8 Å². The molecular weight excluding hydrogens is 210 g/mol. The van der Waals surface area contributed by atoms with Crippen LogP contribution in [0.15, 0.2) is 6.07 Å². The lowest BCUT2D eigenvalue weighted by Gasteiger charge is -1.97. The quantitative estimate of drug-likeness (QED) is 0.689. The minimum absolute atomic E-state index is 0.0194. The van der Waals surface area contributed by atoms with Gasteiger partial charge in [0.15, 0.2) is 5.82 Å². The summed E-state index contributed by atoms with van der Waals surface area (Å²) in [5, 5.41) is 21.9. The maximum atomic E-state index is 11.5. The number of carbonyl (C=O) groups is 1. The van der Waals surface area contributed by atoms with Crippen molar-refractivity contribution in [1.82, 2.24) is 30.8 Å². The Hall–Kier alpha value is -2.25. The Morgan fingerprint density at radius 1 is 1.44 bits per heavy atom. The Morgan fingerprint density at radius 3 is 2.81 bits per heavy atom. The zero-order valence-corrected chi connectivity index (χ0v) is 8.85. The van der Waals surface area contributed by atoms with Crippen LogP contribution < -0.4 is 5.32 Å². The molecule has 0 aromatic carbocycles. The number of anilines is 1. The summed E-state index contributed by atoms with van der Waals surface area (Å²) in [6, 6.07) is 1.77. The van der Waals surface area contributed by atoms with Crippen LogP contribution in [0.1, 0.15) is 36.1 Å². The van der Waals surface area contributed by atoms with E-state index in [0.717, 1.165) is 5.69 Å². The molecule has 0 radical (unpaired) electrons. The van der Waals surface area contributed by atoms with Gasteiger partial charge in [0.2, 0.25) is 0 Å². The molecule has 0 unspecified atom stereocenters. The molecule has 16 heavy (non-hydrogen) atoms. The number of nitrogens with zero attached hydrogens (tertiary/aromatic N) is 4. The van der Waals surface area contributed by atoms with E-state index in [1.165, 1.54) is 0 Å². The Balaban J connectivity index is 2.07. The molecule has 0 saturated heterocycles. The summed E-state index contributed by atoms with van der Waals surface area (Å²) in [6.07, 6.45) is 0. The third-order valence-corrected chi connectivity index (χ3v) is 2.01. The lowest BCUT2D eigenvalue weighted by Crippen LogP contribution is -2.14. The van der Waals surface area contributed by atoms with E-state index >= 15 is 0 Å². The summed E-state index contributed by atoms with van der Waals surface area (Å²) in [5.41, 5.74) is 0.948. The fraction of sp³-hybridized carbons (Fsp3) is 0.375. The molecule has 0 spiro atoms. The smallest absolute Gasteiger partial charge is 0.298 e. The lowest BCUT2D eigenvalue weighted by atomic mass is 10.1. The van der Waals surface area contributed by atoms with Crippen LogP contribution in [0.3, 0.4) is 0 Å². The van der Waals surface area contributed by atoms with Gasteiger partial charge in [-0.25, -0.2) is 0 Å². The molecular formula is C8H11N7O. The van der Waals surface area contributed by atoms with Crippen molar-refractivity contribution >= 4 is 11.7 Å². The van der Waals surface area contributed by atoms with Gasteiger partial charge in [0.1, 0.15) is 0 Å². The summed E-state index contributed by atoms with van der Waals surface area (Å²) in [5.74, 6) is 0.298. The first-order valence-electron chi connectivity index (χ1n) is 4.77. The maximum absolute atomic E-state index is 11.5. The van der Waals surface area contributed by atoms with Crippen LogP contribution in [-0.4, -0.2) is 36.7 Å². The molecule has 0 fully saturated rings. The number of tetrazole rings is 1. The van der Waals surface area contributed by atoms with Gasteiger partial charge in [0, 0.05) is 11.8 Å². The molecule has 0 aliphatic carbocycles. The Bertz CT molecular complexity index is 472. The molecule has 0 atom stereocenters. The summed E-state index contributed by atoms with van der Waals surface area (Å²) in [7, 11) is 0. The van der Waals surface area contributed by atoms with Crippen LogP contribution in [0.2, 0.25) is 0 Å². The van der Waals surface area contributed by atoms with E-state index in [-0.39, 0.29) is 5.82 Å². The number of aromatic nitrogens is 6. The summed E-state index contributed by atoms with van der Waals surface area (Å²) in [6.45, 7) is 4.05. The van der Waals surface area contributed by atoms with E-state index in [2.05, 4.69) is 36.1 Å². The second-order valence-electron chi connectivity index (χ2n) is 3.55. The lowest BCUT2D eigenvalue weighted by molar-refractivity contribution is 0.101. The Morgan fingerprint density at radius 2 is 2.25 bits per heavy atom. The van der Waals surface area contributed by atoms with Gasteiger partial charge in [-0.2, -0.15) is 10.3 Å². The highest BCUT2D eigenvalue weighted by atomic mass is 16.2. The fourth-order valence-electron chi connectivity index (χ4n) is 1.13. The second-order valence-corrected chi connectivity index (χ2v) is 3.55. The van der Waals surface area contributed by atoms with Crippen molar-refractivity contribution in [3.8, 4) is 0 Å². The van der Waals surface area contributed by atoms with Gasteiger partial charge < -0.3 is 5.32 Å². The van der Waals surface area contributed by atoms with Gasteiger partial charge in [0.05, 0.1) is 0 Å². The first-order valence-corrected chi connectivity index (χ1v) is 4.77. The minimum atomic E-state index is -0.449. The van der Waals surface area contributed by atoms with Crippen LogP contribution in [0.25, 0.3) is 0 Å². The molecule has 2 aromatic rings. The third-order valence-electron chi connectivity index (χ3n) is 2.01. The number of amides is 1. The van der Waals surface area contributed by atoms with E-state index in [9.17, 15) is 4.79 Å². The highest BCUT2D eigenvalue weighted by molar-refractivity contribution is 6.00. The molecule has 0 saturated carbocycles. The highest BCUT2D eigenvalue weighted by Gasteiger charge is 2.13. The molecule has 2 rings (SSSR count). The molecule has 0 aliphatic heterocycles. The standard InChI is InChI=1S/C8H11N7O/c1-4(2)5-3-6(11-10-5)9-8(16)7-12-14-15-13-7/h3-4H,1-2H3,(H2,9,10,11,16)(H,12,13,14,15). The highest BCUT2D eigenvalue weighted by Crippen LogP contribution is 2.14. The van der Waals surface area contributed by atoms with E-state index in [0.29, 0.717) is 11.7 Å². The van der Waals surface area contributed by atoms with E-state index in [1.807, 2.05) is 13.8 Å². The molecule has 3 N–H and O–H groups in total. The molecule has 84 valence electrons. The van der Waals surface area contributed by atoms with Crippen LogP contribution in [0.5, 0.6) is 0 Å². The summed E-state index contributed by atoms with van der Waals surface area (Å²) in [4.78, 5) is 11.5. The number of rotatable bonds is 3. The van der Waals surface area contributed by atoms with Crippen LogP contribution in [-0.2, 0) is 0 Å². The number of hydrogen-bond acceptors (Lipinski definition) is 5. The monoisotopic (exact) mass is 221 g/mol. The van der Waals surface area contributed by atoms with Crippen LogP contribution >= 0.6 is 0 Å². The molecule has 1 amide bonds. The van der Waals surface area contributed by atoms with Crippen LogP contribution in [0, 0.1) is 0 Å². The molecule has 2 heterocycles. The van der Waals surface area contributed by atoms with Gasteiger partial charge >= 0.3 is 0 Å². The van der Waals surface area contributed by atoms with Crippen molar-refractivity contribution in [3.63, 3.8) is 0 Å². The normalized spacial score (nSPS) is 10.7. The molecule has 0 aliphatic rings. The van der Waals surface area contributed by atoms with Gasteiger partial charge in [-0.3, -0.25) is 9.89 Å². The topological polar surface area (TPSA) is 112 Å². The summed E-state index contributed by atoms with van der Waals surface area (Å²) >= 11 is 0. The van der Waals surface area contributed by atoms with Gasteiger partial charge in [0.25, 0.3) is 11.7 Å². The van der Waals surface area contributed by atoms with Crippen molar-refractivity contribution in [3.05, 3.63) is 17.6 Å². The van der Waals surface area contributed by atoms with E-state index < -0.39 is 5.91 Å². The first-order chi connectivity index (χ1) is 7.66. The van der Waals surface area contributed by atoms with Gasteiger partial charge in [-0.15, -0.1) is 10.2 Å². The van der Waals surface area contributed by atoms with Crippen LogP contribution in [0.4, 0.5) is 5.82 Å². The zero-order chi connectivity index (χ0) is 11.5. The van der Waals surface area contributed by atoms with E-state index in [1.54, 1.807) is 6.07 Å². The molecule has 0 bridgehead atoms. The Kier molecular flexibility index (Phi) is 2.63. The molecule has 8 heteroatoms. The SMILES string of the molecule is CC(C)c1cc(NC(=O)c2nn[nH]n2)n[nH]1. The predicted octanol–water partition coefficient (Wildman–Crippen LogP) is 0.298. The third kappa shape index (κ3) is 2.05. The van der Waals surface area contributed by atoms with Gasteiger partial charge in [-0.1, -0.05) is 13.8 Å². The largest absolute Gasteiger partial charge is 0.302 e. The van der Waals surface area contributed by atoms with Crippen molar-refractivity contribution in [2.24, 2.45) is 0 Å². The van der Waals surface area contributed by atoms with Crippen molar-refractivity contribution < 1.29 is 4.79 Å². The number of H-pyrrole nitrogens is 2. The molecule has 2 aromatic heterocycles. The number of hydrogen-bond donors (Lipinski definition) is 3. The number of aromatic amines is 2.